The summed E-state index contributed by atoms with van der Waals surface area (Å²) in [4.78, 5) is 39.4. The molecule has 9 heteroatoms. The topological polar surface area (TPSA) is 84.9 Å². The number of urea groups is 1. The average Bonchev–Trinajstić information content (AvgIpc) is 2.84. The summed E-state index contributed by atoms with van der Waals surface area (Å²) in [6.45, 7) is 3.90. The van der Waals surface area contributed by atoms with Gasteiger partial charge in [0.15, 0.2) is 11.5 Å². The van der Waals surface area contributed by atoms with Crippen LogP contribution in [-0.4, -0.2) is 25.0 Å². The summed E-state index contributed by atoms with van der Waals surface area (Å²) in [5.74, 6) is -0.867. The summed E-state index contributed by atoms with van der Waals surface area (Å²) in [6, 6.07) is 15.4. The molecule has 3 aromatic rings. The van der Waals surface area contributed by atoms with Gasteiger partial charge in [0.25, 0.3) is 11.8 Å². The van der Waals surface area contributed by atoms with Crippen molar-refractivity contribution in [1.29, 1.82) is 0 Å². The first-order valence-corrected chi connectivity index (χ1v) is 12.1. The van der Waals surface area contributed by atoms with Crippen LogP contribution in [0.3, 0.4) is 0 Å². The number of carbonyl (C=O) groups is 3. The van der Waals surface area contributed by atoms with Crippen molar-refractivity contribution in [2.75, 3.05) is 12.0 Å². The van der Waals surface area contributed by atoms with Gasteiger partial charge in [-0.15, -0.1) is 0 Å². The van der Waals surface area contributed by atoms with Crippen molar-refractivity contribution < 1.29 is 23.9 Å². The highest BCUT2D eigenvalue weighted by Crippen LogP contribution is 2.38. The SMILES string of the molecule is COc1cc(/C=C2\C(=O)NC(=O)N(c3cc(C)ccc3C)C2=O)cc(Cl)c1OCc1ccc(Br)cc1. The number of anilines is 1. The minimum Gasteiger partial charge on any atom is -0.493 e. The van der Waals surface area contributed by atoms with Crippen molar-refractivity contribution >= 4 is 57.1 Å². The second-order valence-corrected chi connectivity index (χ2v) is 9.52. The Morgan fingerprint density at radius 3 is 2.44 bits per heavy atom. The zero-order valence-electron chi connectivity index (χ0n) is 19.7. The van der Waals surface area contributed by atoms with Crippen LogP contribution in [0.4, 0.5) is 10.5 Å². The van der Waals surface area contributed by atoms with Gasteiger partial charge < -0.3 is 9.47 Å². The summed E-state index contributed by atoms with van der Waals surface area (Å²) in [5, 5.41) is 2.48. The molecule has 0 atom stereocenters. The van der Waals surface area contributed by atoms with Crippen molar-refractivity contribution in [3.63, 3.8) is 0 Å². The van der Waals surface area contributed by atoms with Crippen LogP contribution in [0, 0.1) is 13.8 Å². The molecule has 1 N–H and O–H groups in total. The molecule has 4 amide bonds. The molecule has 36 heavy (non-hydrogen) atoms. The van der Waals surface area contributed by atoms with Gasteiger partial charge in [-0.05, 0) is 72.5 Å². The summed E-state index contributed by atoms with van der Waals surface area (Å²) < 4.78 is 12.3. The lowest BCUT2D eigenvalue weighted by Crippen LogP contribution is -2.54. The highest BCUT2D eigenvalue weighted by molar-refractivity contribution is 9.10. The van der Waals surface area contributed by atoms with Gasteiger partial charge in [-0.25, -0.2) is 9.69 Å². The maximum Gasteiger partial charge on any atom is 0.335 e. The maximum atomic E-state index is 13.3. The van der Waals surface area contributed by atoms with E-state index in [0.29, 0.717) is 22.7 Å². The molecular formula is C27H22BrClN2O5. The van der Waals surface area contributed by atoms with Crippen LogP contribution >= 0.6 is 27.5 Å². The van der Waals surface area contributed by atoms with E-state index in [-0.39, 0.29) is 17.2 Å². The average molecular weight is 570 g/mol. The number of rotatable bonds is 6. The van der Waals surface area contributed by atoms with Crippen molar-refractivity contribution in [3.05, 3.63) is 91.9 Å². The fourth-order valence-corrected chi connectivity index (χ4v) is 4.24. The van der Waals surface area contributed by atoms with Crippen LogP contribution in [0.2, 0.25) is 5.02 Å². The molecule has 1 aliphatic heterocycles. The Balaban J connectivity index is 1.66. The van der Waals surface area contributed by atoms with E-state index < -0.39 is 17.8 Å². The molecule has 4 rings (SSSR count). The maximum absolute atomic E-state index is 13.3. The number of ether oxygens (including phenoxy) is 2. The Hall–Kier alpha value is -3.62. The van der Waals surface area contributed by atoms with E-state index in [1.165, 1.54) is 13.2 Å². The third-order valence-corrected chi connectivity index (χ3v) is 6.38. The Bertz CT molecular complexity index is 1400. The lowest BCUT2D eigenvalue weighted by atomic mass is 10.0. The van der Waals surface area contributed by atoms with E-state index in [4.69, 9.17) is 21.1 Å². The first kappa shape index (κ1) is 25.5. The standard InChI is InChI=1S/C27H22BrClN2O5/c1-15-4-5-16(2)22(10-15)31-26(33)20(25(32)30-27(31)34)11-18-12-21(29)24(23(13-18)35-3)36-14-17-6-8-19(28)9-7-17/h4-13H,14H2,1-3H3,(H,30,32,34)/b20-11+. The van der Waals surface area contributed by atoms with E-state index in [1.54, 1.807) is 25.1 Å². The highest BCUT2D eigenvalue weighted by atomic mass is 79.9. The number of nitrogens with zero attached hydrogens (tertiary/aromatic N) is 1. The fraction of sp³-hybridized carbons (Fsp3) is 0.148. The molecule has 0 aliphatic carbocycles. The summed E-state index contributed by atoms with van der Waals surface area (Å²) in [6.07, 6.45) is 1.37. The van der Waals surface area contributed by atoms with E-state index in [9.17, 15) is 14.4 Å². The quantitative estimate of drug-likeness (QED) is 0.292. The lowest BCUT2D eigenvalue weighted by molar-refractivity contribution is -0.122. The fourth-order valence-electron chi connectivity index (χ4n) is 3.70. The number of methoxy groups -OCH3 is 1. The molecule has 0 unspecified atom stereocenters. The molecule has 0 saturated carbocycles. The number of amides is 4. The molecule has 0 aromatic heterocycles. The van der Waals surface area contributed by atoms with Crippen LogP contribution in [0.25, 0.3) is 6.08 Å². The monoisotopic (exact) mass is 568 g/mol. The molecule has 0 spiro atoms. The Kier molecular flexibility index (Phi) is 7.47. The number of aryl methyl sites for hydroxylation is 2. The zero-order valence-corrected chi connectivity index (χ0v) is 22.1. The smallest absolute Gasteiger partial charge is 0.335 e. The second kappa shape index (κ2) is 10.6. The Morgan fingerprint density at radius 1 is 1.03 bits per heavy atom. The van der Waals surface area contributed by atoms with Crippen LogP contribution in [-0.2, 0) is 16.2 Å². The Labute approximate surface area is 221 Å². The summed E-state index contributed by atoms with van der Waals surface area (Å²) in [7, 11) is 1.47. The third kappa shape index (κ3) is 5.29. The second-order valence-electron chi connectivity index (χ2n) is 8.20. The zero-order chi connectivity index (χ0) is 26.0. The van der Waals surface area contributed by atoms with Gasteiger partial charge in [-0.2, -0.15) is 0 Å². The lowest BCUT2D eigenvalue weighted by Gasteiger charge is -2.27. The van der Waals surface area contributed by atoms with Crippen molar-refractivity contribution in [2.24, 2.45) is 0 Å². The number of benzene rings is 3. The van der Waals surface area contributed by atoms with Crippen LogP contribution < -0.4 is 19.7 Å². The van der Waals surface area contributed by atoms with Crippen molar-refractivity contribution in [3.8, 4) is 11.5 Å². The van der Waals surface area contributed by atoms with Gasteiger partial charge in [0, 0.05) is 4.47 Å². The van der Waals surface area contributed by atoms with Gasteiger partial charge in [0.05, 0.1) is 17.8 Å². The molecule has 0 radical (unpaired) electrons. The molecule has 1 aliphatic rings. The minimum absolute atomic E-state index is 0.211. The van der Waals surface area contributed by atoms with Crippen LogP contribution in [0.15, 0.2) is 64.6 Å². The highest BCUT2D eigenvalue weighted by Gasteiger charge is 2.37. The van der Waals surface area contributed by atoms with Gasteiger partial charge in [-0.1, -0.05) is 51.8 Å². The third-order valence-electron chi connectivity index (χ3n) is 5.57. The molecule has 7 nitrogen and oxygen atoms in total. The number of hydrogen-bond acceptors (Lipinski definition) is 5. The summed E-state index contributed by atoms with van der Waals surface area (Å²) >= 11 is 9.89. The first-order valence-electron chi connectivity index (χ1n) is 10.9. The number of halogens is 2. The van der Waals surface area contributed by atoms with E-state index in [1.807, 2.05) is 43.3 Å². The van der Waals surface area contributed by atoms with Gasteiger partial charge in [0.1, 0.15) is 12.2 Å². The van der Waals surface area contributed by atoms with Crippen molar-refractivity contribution in [1.82, 2.24) is 5.32 Å². The van der Waals surface area contributed by atoms with E-state index in [2.05, 4.69) is 21.2 Å². The van der Waals surface area contributed by atoms with Crippen LogP contribution in [0.1, 0.15) is 22.3 Å². The van der Waals surface area contributed by atoms with Crippen molar-refractivity contribution in [2.45, 2.75) is 20.5 Å². The number of barbiturate groups is 1. The number of hydrogen-bond donors (Lipinski definition) is 1. The molecule has 1 heterocycles. The normalized spacial score (nSPS) is 14.8. The molecular weight excluding hydrogens is 548 g/mol. The van der Waals surface area contributed by atoms with Gasteiger partial charge >= 0.3 is 6.03 Å². The molecule has 3 aromatic carbocycles. The summed E-state index contributed by atoms with van der Waals surface area (Å²) in [5.41, 5.74) is 3.15. The molecule has 1 saturated heterocycles. The Morgan fingerprint density at radius 2 is 1.75 bits per heavy atom. The van der Waals surface area contributed by atoms with Crippen LogP contribution in [0.5, 0.6) is 11.5 Å². The largest absolute Gasteiger partial charge is 0.493 e. The predicted molar refractivity (Wildman–Crippen MR) is 141 cm³/mol. The van der Waals surface area contributed by atoms with Gasteiger partial charge in [0.2, 0.25) is 0 Å². The number of carbonyl (C=O) groups excluding carboxylic acids is 3. The predicted octanol–water partition coefficient (Wildman–Crippen LogP) is 5.97. The van der Waals surface area contributed by atoms with E-state index >= 15 is 0 Å². The van der Waals surface area contributed by atoms with Gasteiger partial charge in [-0.3, -0.25) is 14.9 Å². The van der Waals surface area contributed by atoms with E-state index in [0.717, 1.165) is 26.1 Å². The molecule has 1 fully saturated rings. The minimum atomic E-state index is -0.803. The number of nitrogens with one attached hydrogen (secondary N) is 1. The number of imide groups is 2. The molecule has 0 bridgehead atoms. The first-order chi connectivity index (χ1) is 17.2. The molecule has 184 valence electrons.